The highest BCUT2D eigenvalue weighted by molar-refractivity contribution is 6.24. The highest BCUT2D eigenvalue weighted by Gasteiger charge is 2.20. The van der Waals surface area contributed by atoms with Crippen molar-refractivity contribution >= 4 is 54.1 Å². The number of aromatic nitrogens is 2. The number of benzene rings is 8. The van der Waals surface area contributed by atoms with Gasteiger partial charge in [0.25, 0.3) is 0 Å². The summed E-state index contributed by atoms with van der Waals surface area (Å²) in [5, 5.41) is 9.58. The summed E-state index contributed by atoms with van der Waals surface area (Å²) in [6, 6.07) is 63.3. The molecule has 0 spiro atoms. The normalized spacial score (nSPS) is 11.6. The highest BCUT2D eigenvalue weighted by Crippen LogP contribution is 2.46. The molecule has 0 saturated carbocycles. The van der Waals surface area contributed by atoms with Crippen LogP contribution in [0.15, 0.2) is 182 Å². The third-order valence-electron chi connectivity index (χ3n) is 10.1. The molecule has 0 aliphatic carbocycles. The third-order valence-corrected chi connectivity index (χ3v) is 10.1. The van der Waals surface area contributed by atoms with Crippen LogP contribution in [-0.2, 0) is 0 Å². The van der Waals surface area contributed by atoms with E-state index in [-0.39, 0.29) is 0 Å². The van der Waals surface area contributed by atoms with Gasteiger partial charge in [-0.05, 0) is 77.8 Å². The van der Waals surface area contributed by atoms with E-state index in [1.807, 2.05) is 12.3 Å². The first-order valence-corrected chi connectivity index (χ1v) is 17.1. The van der Waals surface area contributed by atoms with Crippen LogP contribution in [0.25, 0.3) is 98.8 Å². The fourth-order valence-electron chi connectivity index (χ4n) is 7.81. The standard InChI is InChI=1S/C48H30N2/c1-2-13-33(14-3-1)44-30-43(42-28-27-35-16-11-29-49-47(35)48(42)50-44)46-40-20-8-6-18-38(40)45(39-19-7-9-21-41(39)46)34-25-23-32(24-26-34)37-22-10-15-31-12-4-5-17-36(31)37/h1-30H. The number of hydrogen-bond donors (Lipinski definition) is 0. The summed E-state index contributed by atoms with van der Waals surface area (Å²) >= 11 is 0. The zero-order chi connectivity index (χ0) is 33.0. The van der Waals surface area contributed by atoms with Gasteiger partial charge >= 0.3 is 0 Å². The molecule has 0 fully saturated rings. The van der Waals surface area contributed by atoms with E-state index in [4.69, 9.17) is 9.97 Å². The lowest BCUT2D eigenvalue weighted by Gasteiger charge is -2.20. The zero-order valence-electron chi connectivity index (χ0n) is 27.2. The van der Waals surface area contributed by atoms with Crippen molar-refractivity contribution in [2.75, 3.05) is 0 Å². The summed E-state index contributed by atoms with van der Waals surface area (Å²) in [4.78, 5) is 10.1. The van der Waals surface area contributed by atoms with E-state index in [2.05, 4.69) is 170 Å². The largest absolute Gasteiger partial charge is 0.254 e. The molecule has 232 valence electrons. The van der Waals surface area contributed by atoms with Gasteiger partial charge in [0.1, 0.15) is 0 Å². The molecule has 10 aromatic rings. The van der Waals surface area contributed by atoms with Crippen molar-refractivity contribution in [2.45, 2.75) is 0 Å². The minimum atomic E-state index is 0.917. The van der Waals surface area contributed by atoms with Gasteiger partial charge in [0, 0.05) is 22.5 Å². The predicted octanol–water partition coefficient (Wildman–Crippen LogP) is 12.9. The number of hydrogen-bond acceptors (Lipinski definition) is 2. The van der Waals surface area contributed by atoms with E-state index >= 15 is 0 Å². The molecule has 8 aromatic carbocycles. The third kappa shape index (κ3) is 4.50. The number of rotatable bonds is 4. The van der Waals surface area contributed by atoms with Gasteiger partial charge in [-0.15, -0.1) is 0 Å². The number of nitrogens with zero attached hydrogens (tertiary/aromatic N) is 2. The molecule has 2 heterocycles. The van der Waals surface area contributed by atoms with Crippen LogP contribution in [0.5, 0.6) is 0 Å². The van der Waals surface area contributed by atoms with Crippen LogP contribution >= 0.6 is 0 Å². The first-order chi connectivity index (χ1) is 24.8. The van der Waals surface area contributed by atoms with Gasteiger partial charge in [-0.2, -0.15) is 0 Å². The van der Waals surface area contributed by atoms with Crippen LogP contribution in [0.3, 0.4) is 0 Å². The predicted molar refractivity (Wildman–Crippen MR) is 211 cm³/mol. The van der Waals surface area contributed by atoms with Crippen LogP contribution in [-0.4, -0.2) is 9.97 Å². The maximum absolute atomic E-state index is 5.27. The molecule has 0 atom stereocenters. The molecule has 0 bridgehead atoms. The molecule has 2 aromatic heterocycles. The van der Waals surface area contributed by atoms with Crippen LogP contribution < -0.4 is 0 Å². The summed E-state index contributed by atoms with van der Waals surface area (Å²) < 4.78 is 0. The van der Waals surface area contributed by atoms with Crippen molar-refractivity contribution < 1.29 is 0 Å². The van der Waals surface area contributed by atoms with E-state index < -0.39 is 0 Å². The summed E-state index contributed by atoms with van der Waals surface area (Å²) in [5.41, 5.74) is 11.1. The smallest absolute Gasteiger partial charge is 0.0978 e. The van der Waals surface area contributed by atoms with Gasteiger partial charge in [-0.25, -0.2) is 4.98 Å². The Morgan fingerprint density at radius 1 is 0.320 bits per heavy atom. The van der Waals surface area contributed by atoms with Gasteiger partial charge in [0.2, 0.25) is 0 Å². The average Bonchev–Trinajstić information content (AvgIpc) is 3.19. The first-order valence-electron chi connectivity index (χ1n) is 17.1. The maximum atomic E-state index is 5.27. The maximum Gasteiger partial charge on any atom is 0.0978 e. The number of pyridine rings is 2. The lowest BCUT2D eigenvalue weighted by molar-refractivity contribution is 1.37. The average molecular weight is 635 g/mol. The summed E-state index contributed by atoms with van der Waals surface area (Å²) in [7, 11) is 0. The minimum absolute atomic E-state index is 0.917. The minimum Gasteiger partial charge on any atom is -0.254 e. The van der Waals surface area contributed by atoms with E-state index in [0.29, 0.717) is 0 Å². The molecule has 0 aliphatic heterocycles. The van der Waals surface area contributed by atoms with Crippen LogP contribution in [0.1, 0.15) is 0 Å². The first kappa shape index (κ1) is 28.4. The van der Waals surface area contributed by atoms with Gasteiger partial charge in [-0.3, -0.25) is 4.98 Å². The highest BCUT2D eigenvalue weighted by atomic mass is 14.8. The topological polar surface area (TPSA) is 25.8 Å². The lowest BCUT2D eigenvalue weighted by Crippen LogP contribution is -1.95. The SMILES string of the molecule is c1ccc(-c2cc(-c3c4ccccc4c(-c4ccc(-c5cccc6ccccc56)cc4)c4ccccc34)c3ccc4cccnc4c3n2)cc1. The summed E-state index contributed by atoms with van der Waals surface area (Å²) in [6.07, 6.45) is 1.86. The molecule has 0 unspecified atom stereocenters. The van der Waals surface area contributed by atoms with Crippen molar-refractivity contribution in [3.8, 4) is 44.6 Å². The second-order valence-corrected chi connectivity index (χ2v) is 12.9. The Morgan fingerprint density at radius 3 is 1.66 bits per heavy atom. The molecular formula is C48H30N2. The molecular weight excluding hydrogens is 605 g/mol. The quantitative estimate of drug-likeness (QED) is 0.142. The molecule has 2 heteroatoms. The molecule has 0 saturated heterocycles. The van der Waals surface area contributed by atoms with Crippen molar-refractivity contribution in [3.05, 3.63) is 182 Å². The van der Waals surface area contributed by atoms with Crippen molar-refractivity contribution in [3.63, 3.8) is 0 Å². The van der Waals surface area contributed by atoms with E-state index in [0.717, 1.165) is 38.6 Å². The fraction of sp³-hybridized carbons (Fsp3) is 0. The Bertz CT molecular complexity index is 2850. The fourth-order valence-corrected chi connectivity index (χ4v) is 7.81. The monoisotopic (exact) mass is 634 g/mol. The molecule has 0 aliphatic rings. The van der Waals surface area contributed by atoms with Gasteiger partial charge in [-0.1, -0.05) is 164 Å². The van der Waals surface area contributed by atoms with E-state index in [1.165, 1.54) is 60.1 Å². The lowest BCUT2D eigenvalue weighted by atomic mass is 9.84. The molecule has 0 amide bonds. The second-order valence-electron chi connectivity index (χ2n) is 12.9. The Hall–Kier alpha value is -6.64. The van der Waals surface area contributed by atoms with Gasteiger partial charge in [0.05, 0.1) is 16.7 Å². The molecule has 10 rings (SSSR count). The van der Waals surface area contributed by atoms with Gasteiger partial charge < -0.3 is 0 Å². The molecule has 2 nitrogen and oxygen atoms in total. The Balaban J connectivity index is 1.25. The summed E-state index contributed by atoms with van der Waals surface area (Å²) in [6.45, 7) is 0. The van der Waals surface area contributed by atoms with E-state index in [9.17, 15) is 0 Å². The molecule has 0 radical (unpaired) electrons. The Kier molecular flexibility index (Phi) is 6.53. The Morgan fingerprint density at radius 2 is 0.920 bits per heavy atom. The van der Waals surface area contributed by atoms with Crippen LogP contribution in [0, 0.1) is 0 Å². The van der Waals surface area contributed by atoms with Crippen molar-refractivity contribution in [1.82, 2.24) is 9.97 Å². The molecule has 50 heavy (non-hydrogen) atoms. The van der Waals surface area contributed by atoms with Crippen LogP contribution in [0.4, 0.5) is 0 Å². The van der Waals surface area contributed by atoms with Gasteiger partial charge in [0.15, 0.2) is 0 Å². The van der Waals surface area contributed by atoms with Crippen molar-refractivity contribution in [1.29, 1.82) is 0 Å². The summed E-state index contributed by atoms with van der Waals surface area (Å²) in [5.74, 6) is 0. The van der Waals surface area contributed by atoms with Crippen LogP contribution in [0.2, 0.25) is 0 Å². The second kappa shape index (κ2) is 11.5. The van der Waals surface area contributed by atoms with Crippen molar-refractivity contribution in [2.24, 2.45) is 0 Å². The van der Waals surface area contributed by atoms with E-state index in [1.54, 1.807) is 0 Å². The molecule has 0 N–H and O–H groups in total. The Labute approximate surface area is 290 Å². The zero-order valence-corrected chi connectivity index (χ0v) is 27.2. The number of fused-ring (bicyclic) bond motifs is 6.